The smallest absolute Gasteiger partial charge is 0.408 e. The van der Waals surface area contributed by atoms with E-state index in [0.29, 0.717) is 27.8 Å². The third kappa shape index (κ3) is 5.03. The first kappa shape index (κ1) is 24.0. The van der Waals surface area contributed by atoms with Crippen molar-refractivity contribution >= 4 is 17.8 Å². The molecule has 3 N–H and O–H groups in total. The highest BCUT2D eigenvalue weighted by Gasteiger charge is 2.36. The zero-order valence-corrected chi connectivity index (χ0v) is 18.3. The number of amides is 2. The second-order valence-corrected chi connectivity index (χ2v) is 8.20. The molecule has 0 radical (unpaired) electrons. The predicted octanol–water partition coefficient (Wildman–Crippen LogP) is 3.45. The molecule has 35 heavy (non-hydrogen) atoms. The van der Waals surface area contributed by atoms with Crippen molar-refractivity contribution in [2.75, 3.05) is 0 Å². The molecule has 2 amide bonds. The van der Waals surface area contributed by atoms with E-state index >= 15 is 0 Å². The largest absolute Gasteiger partial charge is 0.481 e. The summed E-state index contributed by atoms with van der Waals surface area (Å²) in [4.78, 5) is 37.0. The molecule has 0 spiro atoms. The van der Waals surface area contributed by atoms with Crippen LogP contribution in [0, 0.1) is 0 Å². The maximum Gasteiger partial charge on any atom is 0.408 e. The minimum atomic E-state index is -4.47. The number of carboxylic acids is 1. The van der Waals surface area contributed by atoms with E-state index in [-0.39, 0.29) is 25.1 Å². The van der Waals surface area contributed by atoms with Crippen LogP contribution in [0.4, 0.5) is 13.2 Å². The summed E-state index contributed by atoms with van der Waals surface area (Å²) < 4.78 is 40.5. The maximum absolute atomic E-state index is 13.2. The number of fused-ring (bicyclic) bond motifs is 1. The van der Waals surface area contributed by atoms with Crippen molar-refractivity contribution in [2.45, 2.75) is 38.1 Å². The van der Waals surface area contributed by atoms with Crippen LogP contribution in [0.2, 0.25) is 0 Å². The molecule has 3 aromatic rings. The molecular weight excluding hydrogens is 465 g/mol. The topological polar surface area (TPSA) is 119 Å². The van der Waals surface area contributed by atoms with Crippen molar-refractivity contribution in [1.82, 2.24) is 14.7 Å². The van der Waals surface area contributed by atoms with E-state index in [1.54, 1.807) is 42.5 Å². The molecule has 0 aliphatic carbocycles. The van der Waals surface area contributed by atoms with Crippen LogP contribution < -0.4 is 5.73 Å². The Balaban J connectivity index is 1.71. The Hall–Kier alpha value is -4.15. The molecule has 1 atom stereocenters. The van der Waals surface area contributed by atoms with Gasteiger partial charge in [-0.05, 0) is 29.7 Å². The van der Waals surface area contributed by atoms with Gasteiger partial charge in [-0.1, -0.05) is 36.4 Å². The number of carbonyl (C=O) groups excluding carboxylic acids is 2. The molecular formula is C24H21F3N4O4. The van der Waals surface area contributed by atoms with E-state index in [0.717, 1.165) is 4.68 Å². The Morgan fingerprint density at radius 2 is 1.80 bits per heavy atom. The summed E-state index contributed by atoms with van der Waals surface area (Å²) >= 11 is 0. The van der Waals surface area contributed by atoms with E-state index in [1.807, 2.05) is 0 Å². The van der Waals surface area contributed by atoms with Crippen LogP contribution >= 0.6 is 0 Å². The normalized spacial score (nSPS) is 14.1. The van der Waals surface area contributed by atoms with Crippen LogP contribution in [0.3, 0.4) is 0 Å². The number of rotatable bonds is 8. The van der Waals surface area contributed by atoms with Crippen LogP contribution in [0.25, 0.3) is 22.4 Å². The summed E-state index contributed by atoms with van der Waals surface area (Å²) in [6.07, 6.45) is -3.59. The zero-order valence-electron chi connectivity index (χ0n) is 18.3. The highest BCUT2D eigenvalue weighted by Crippen LogP contribution is 2.36. The fourth-order valence-corrected chi connectivity index (χ4v) is 4.26. The van der Waals surface area contributed by atoms with Gasteiger partial charge in [-0.2, -0.15) is 18.3 Å². The van der Waals surface area contributed by atoms with E-state index in [4.69, 9.17) is 10.8 Å². The lowest BCUT2D eigenvalue weighted by molar-refractivity contribution is -0.142. The SMILES string of the molecule is NC(=O)C(CCC(=O)O)N1Cc2cc(-c3cnn(CC(F)(F)F)c3-c3ccccc3)ccc2C1=O. The van der Waals surface area contributed by atoms with Crippen LogP contribution in [-0.4, -0.2) is 49.8 Å². The first-order chi connectivity index (χ1) is 16.5. The number of halogens is 3. The molecule has 0 bridgehead atoms. The summed E-state index contributed by atoms with van der Waals surface area (Å²) in [6, 6.07) is 12.3. The van der Waals surface area contributed by atoms with Gasteiger partial charge in [-0.3, -0.25) is 19.1 Å². The number of alkyl halides is 3. The molecule has 0 saturated heterocycles. The average Bonchev–Trinajstić information content (AvgIpc) is 3.33. The number of carboxylic acid groups (broad SMARTS) is 1. The number of hydrogen-bond donors (Lipinski definition) is 2. The Kier molecular flexibility index (Phi) is 6.33. The minimum Gasteiger partial charge on any atom is -0.481 e. The molecule has 2 aromatic carbocycles. The van der Waals surface area contributed by atoms with Crippen LogP contribution in [0.1, 0.15) is 28.8 Å². The lowest BCUT2D eigenvalue weighted by atomic mass is 9.98. The number of carbonyl (C=O) groups is 3. The monoisotopic (exact) mass is 486 g/mol. The van der Waals surface area contributed by atoms with Gasteiger partial charge >= 0.3 is 12.1 Å². The van der Waals surface area contributed by atoms with Crippen molar-refractivity contribution in [3.8, 4) is 22.4 Å². The van der Waals surface area contributed by atoms with E-state index in [2.05, 4.69) is 5.10 Å². The standard InChI is InChI=1S/C24H21F3N4O4/c25-24(26,27)13-31-21(14-4-2-1-3-5-14)18(11-29-31)15-6-7-17-16(10-15)12-30(23(17)35)19(22(28)34)8-9-20(32)33/h1-7,10-11,19H,8-9,12-13H2,(H2,28,34)(H,32,33). The van der Waals surface area contributed by atoms with Gasteiger partial charge in [0.25, 0.3) is 5.91 Å². The van der Waals surface area contributed by atoms with E-state index in [9.17, 15) is 27.6 Å². The van der Waals surface area contributed by atoms with Crippen LogP contribution in [0.15, 0.2) is 54.7 Å². The van der Waals surface area contributed by atoms with Gasteiger partial charge in [0.15, 0.2) is 0 Å². The Morgan fingerprint density at radius 1 is 1.09 bits per heavy atom. The Morgan fingerprint density at radius 3 is 2.43 bits per heavy atom. The van der Waals surface area contributed by atoms with Gasteiger partial charge in [0.05, 0.1) is 11.9 Å². The van der Waals surface area contributed by atoms with Crippen molar-refractivity contribution in [3.05, 3.63) is 65.9 Å². The molecule has 11 heteroatoms. The minimum absolute atomic E-state index is 0.0204. The van der Waals surface area contributed by atoms with Gasteiger partial charge in [0, 0.05) is 29.7 Å². The third-order valence-electron chi connectivity index (χ3n) is 5.80. The lowest BCUT2D eigenvalue weighted by Crippen LogP contribution is -2.45. The number of primary amides is 1. The summed E-state index contributed by atoms with van der Waals surface area (Å²) in [7, 11) is 0. The summed E-state index contributed by atoms with van der Waals surface area (Å²) in [5.74, 6) is -2.39. The van der Waals surface area contributed by atoms with Gasteiger partial charge in [0.2, 0.25) is 5.91 Å². The van der Waals surface area contributed by atoms with Gasteiger partial charge in [0.1, 0.15) is 12.6 Å². The molecule has 2 heterocycles. The zero-order chi connectivity index (χ0) is 25.3. The number of nitrogens with zero attached hydrogens (tertiary/aromatic N) is 3. The molecule has 1 aliphatic rings. The summed E-state index contributed by atoms with van der Waals surface area (Å²) in [5.41, 5.74) is 8.12. The summed E-state index contributed by atoms with van der Waals surface area (Å²) in [6.45, 7) is -1.25. The number of aliphatic carboxylic acids is 1. The van der Waals surface area contributed by atoms with Crippen molar-refractivity contribution in [3.63, 3.8) is 0 Å². The van der Waals surface area contributed by atoms with E-state index in [1.165, 1.54) is 17.2 Å². The second kappa shape index (κ2) is 9.24. The predicted molar refractivity (Wildman–Crippen MR) is 119 cm³/mol. The summed E-state index contributed by atoms with van der Waals surface area (Å²) in [5, 5.41) is 12.9. The van der Waals surface area contributed by atoms with Crippen LogP contribution in [0.5, 0.6) is 0 Å². The van der Waals surface area contributed by atoms with Gasteiger partial charge in [-0.25, -0.2) is 0 Å². The van der Waals surface area contributed by atoms with Gasteiger partial charge in [-0.15, -0.1) is 0 Å². The maximum atomic E-state index is 13.2. The van der Waals surface area contributed by atoms with Crippen molar-refractivity contribution in [2.24, 2.45) is 5.73 Å². The molecule has 0 saturated carbocycles. The molecule has 1 aromatic heterocycles. The Bertz CT molecular complexity index is 1290. The molecule has 1 unspecified atom stereocenters. The van der Waals surface area contributed by atoms with Gasteiger partial charge < -0.3 is 15.7 Å². The fraction of sp³-hybridized carbons (Fsp3) is 0.250. The second-order valence-electron chi connectivity index (χ2n) is 8.20. The van der Waals surface area contributed by atoms with Crippen molar-refractivity contribution < 1.29 is 32.7 Å². The molecule has 1 aliphatic heterocycles. The molecule has 8 nitrogen and oxygen atoms in total. The first-order valence-electron chi connectivity index (χ1n) is 10.7. The number of hydrogen-bond acceptors (Lipinski definition) is 4. The quantitative estimate of drug-likeness (QED) is 0.506. The highest BCUT2D eigenvalue weighted by molar-refractivity contribution is 6.01. The molecule has 182 valence electrons. The van der Waals surface area contributed by atoms with Crippen LogP contribution in [-0.2, 0) is 22.7 Å². The molecule has 4 rings (SSSR count). The fourth-order valence-electron chi connectivity index (χ4n) is 4.26. The number of benzene rings is 2. The number of aromatic nitrogens is 2. The first-order valence-corrected chi connectivity index (χ1v) is 10.7. The highest BCUT2D eigenvalue weighted by atomic mass is 19.4. The Labute approximate surface area is 197 Å². The number of nitrogens with two attached hydrogens (primary N) is 1. The lowest BCUT2D eigenvalue weighted by Gasteiger charge is -2.24. The average molecular weight is 486 g/mol. The third-order valence-corrected chi connectivity index (χ3v) is 5.80. The van der Waals surface area contributed by atoms with E-state index < -0.39 is 36.5 Å². The van der Waals surface area contributed by atoms with Crippen molar-refractivity contribution in [1.29, 1.82) is 0 Å². The molecule has 0 fully saturated rings.